The van der Waals surface area contributed by atoms with Crippen molar-refractivity contribution in [2.45, 2.75) is 6.04 Å². The van der Waals surface area contributed by atoms with Gasteiger partial charge in [0.15, 0.2) is 11.4 Å². The molecule has 10 nitrogen and oxygen atoms in total. The van der Waals surface area contributed by atoms with Gasteiger partial charge in [-0.3, -0.25) is 14.2 Å². The molecule has 4 amide bonds. The van der Waals surface area contributed by atoms with E-state index in [2.05, 4.69) is 0 Å². The summed E-state index contributed by atoms with van der Waals surface area (Å²) in [5.41, 5.74) is 15.7. The van der Waals surface area contributed by atoms with Gasteiger partial charge in [-0.25, -0.2) is 9.36 Å². The molecular weight excluding hydrogens is 412 g/mol. The van der Waals surface area contributed by atoms with E-state index in [9.17, 15) is 19.2 Å². The van der Waals surface area contributed by atoms with Crippen LogP contribution in [-0.2, 0) is 0 Å². The van der Waals surface area contributed by atoms with E-state index < -0.39 is 17.9 Å². The predicted molar refractivity (Wildman–Crippen MR) is 112 cm³/mol. The van der Waals surface area contributed by atoms with Crippen molar-refractivity contribution < 1.29 is 19.0 Å². The Morgan fingerprint density at radius 2 is 1.50 bits per heavy atom. The van der Waals surface area contributed by atoms with Crippen LogP contribution in [-0.4, -0.2) is 37.3 Å². The van der Waals surface area contributed by atoms with E-state index in [4.69, 9.17) is 11.5 Å². The number of urea groups is 1. The van der Waals surface area contributed by atoms with Crippen LogP contribution in [0.15, 0.2) is 59.0 Å². The summed E-state index contributed by atoms with van der Waals surface area (Å²) in [6, 6.07) is 12.4. The first-order chi connectivity index (χ1) is 15.4. The number of anilines is 1. The highest BCUT2D eigenvalue weighted by molar-refractivity contribution is 6.39. The van der Waals surface area contributed by atoms with Gasteiger partial charge >= 0.3 is 11.7 Å². The van der Waals surface area contributed by atoms with Gasteiger partial charge in [-0.15, -0.1) is 0 Å². The van der Waals surface area contributed by atoms with E-state index in [-0.39, 0.29) is 22.8 Å². The molecule has 32 heavy (non-hydrogen) atoms. The lowest BCUT2D eigenvalue weighted by Gasteiger charge is -2.25. The second-order valence-corrected chi connectivity index (χ2v) is 7.99. The number of carbonyl (C=O) groups excluding carboxylic acids is 3. The Kier molecular flexibility index (Phi) is 2.72. The van der Waals surface area contributed by atoms with Crippen molar-refractivity contribution in [3.8, 4) is 5.69 Å². The molecule has 4 aliphatic heterocycles. The second kappa shape index (κ2) is 5.11. The molecule has 0 radical (unpaired) electrons. The Morgan fingerprint density at radius 3 is 2.16 bits per heavy atom. The molecule has 154 valence electrons. The zero-order chi connectivity index (χ0) is 22.0. The molecule has 3 aromatic rings. The monoisotopic (exact) mass is 425 g/mol. The fraction of sp³-hybridized carbons (Fsp3) is 0.0455. The van der Waals surface area contributed by atoms with Gasteiger partial charge < -0.3 is 11.5 Å². The molecule has 0 aliphatic carbocycles. The Hall–Kier alpha value is -4.73. The first-order valence-electron chi connectivity index (χ1n) is 9.83. The maximum Gasteiger partial charge on any atom is 0.505 e. The number of rotatable bonds is 4. The first-order valence-corrected chi connectivity index (χ1v) is 9.83. The highest BCUT2D eigenvalue weighted by Gasteiger charge is 2.71. The van der Waals surface area contributed by atoms with Crippen molar-refractivity contribution in [3.05, 3.63) is 87.2 Å². The van der Waals surface area contributed by atoms with Gasteiger partial charge in [0.2, 0.25) is 17.9 Å². The van der Waals surface area contributed by atoms with Gasteiger partial charge in [0.25, 0.3) is 0 Å². The summed E-state index contributed by atoms with van der Waals surface area (Å²) in [5, 5.41) is 0. The number of nitrogens with zero attached hydrogens (tertiary/aromatic N) is 4. The third-order valence-corrected chi connectivity index (χ3v) is 6.44. The van der Waals surface area contributed by atoms with E-state index >= 15 is 0 Å². The quantitative estimate of drug-likeness (QED) is 0.589. The smallest absolute Gasteiger partial charge is 0.366 e. The Morgan fingerprint density at radius 1 is 0.875 bits per heavy atom. The van der Waals surface area contributed by atoms with E-state index in [1.165, 1.54) is 9.47 Å². The minimum absolute atomic E-state index is 0.252. The maximum absolute atomic E-state index is 13.3. The van der Waals surface area contributed by atoms with Gasteiger partial charge in [0, 0.05) is 11.1 Å². The molecule has 4 bridgehead atoms. The van der Waals surface area contributed by atoms with Crippen molar-refractivity contribution in [1.82, 2.24) is 9.13 Å². The molecule has 4 N–H and O–H groups in total. The lowest BCUT2D eigenvalue weighted by Crippen LogP contribution is -2.44. The number of allylic oxidation sites excluding steroid dienone is 1. The molecule has 7 rings (SSSR count). The zero-order valence-corrected chi connectivity index (χ0v) is 16.3. The number of aromatic nitrogens is 2. The third kappa shape index (κ3) is 1.64. The largest absolute Gasteiger partial charge is 0.505 e. The van der Waals surface area contributed by atoms with Crippen LogP contribution in [0.3, 0.4) is 0 Å². The van der Waals surface area contributed by atoms with Gasteiger partial charge in [-0.05, 0) is 36.4 Å². The third-order valence-electron chi connectivity index (χ3n) is 6.44. The highest BCUT2D eigenvalue weighted by atomic mass is 16.2. The van der Waals surface area contributed by atoms with Crippen molar-refractivity contribution in [3.63, 3.8) is 0 Å². The summed E-state index contributed by atoms with van der Waals surface area (Å²) < 4.78 is 4.79. The van der Waals surface area contributed by atoms with Gasteiger partial charge in [0.1, 0.15) is 22.8 Å². The summed E-state index contributed by atoms with van der Waals surface area (Å²) in [7, 11) is 0. The van der Waals surface area contributed by atoms with E-state index in [1.807, 2.05) is 0 Å². The fourth-order valence-electron chi connectivity index (χ4n) is 5.21. The normalized spacial score (nSPS) is 18.7. The van der Waals surface area contributed by atoms with Crippen LogP contribution < -0.4 is 22.1 Å². The van der Waals surface area contributed by atoms with Crippen LogP contribution in [0.25, 0.3) is 11.4 Å². The van der Waals surface area contributed by atoms with Crippen molar-refractivity contribution in [2.75, 3.05) is 4.90 Å². The highest BCUT2D eigenvalue weighted by Crippen LogP contribution is 2.58. The number of nitrogens with two attached hydrogens (primary N) is 2. The molecular formula is C22H13N6O4+. The van der Waals surface area contributed by atoms with E-state index in [1.54, 1.807) is 57.7 Å². The molecule has 4 aliphatic rings. The number of benzene rings is 2. The van der Waals surface area contributed by atoms with Gasteiger partial charge in [-0.1, -0.05) is 12.1 Å². The Bertz CT molecular complexity index is 1640. The fourth-order valence-corrected chi connectivity index (χ4v) is 5.21. The van der Waals surface area contributed by atoms with Crippen LogP contribution in [0.1, 0.15) is 38.1 Å². The standard InChI is InChI=1S/C22H12N6O4/c23-19(29)9-3-1-5-11(7-9)25-13-15-14-17-18(27(15)21(25)31)16(13)28(17)22(32)26(14)12-6-2-4-10(8-12)20(24)30/h1-8,15H,(H3-,23,24,29,30)/p+1. The van der Waals surface area contributed by atoms with E-state index in [0.29, 0.717) is 28.5 Å². The molecule has 1 fully saturated rings. The lowest BCUT2D eigenvalue weighted by molar-refractivity contribution is -0.443. The number of primary amides is 2. The summed E-state index contributed by atoms with van der Waals surface area (Å²) in [6.45, 7) is 0. The number of amides is 4. The average molecular weight is 425 g/mol. The number of fused-ring (bicyclic) bond motifs is 1. The topological polar surface area (TPSA) is 136 Å². The van der Waals surface area contributed by atoms with Gasteiger partial charge in [0.05, 0.1) is 5.69 Å². The van der Waals surface area contributed by atoms with E-state index in [0.717, 1.165) is 11.4 Å². The van der Waals surface area contributed by atoms with Crippen molar-refractivity contribution >= 4 is 34.9 Å². The molecule has 5 heterocycles. The van der Waals surface area contributed by atoms with Crippen LogP contribution in [0.2, 0.25) is 0 Å². The van der Waals surface area contributed by atoms with Crippen LogP contribution in [0.5, 0.6) is 0 Å². The molecule has 1 aromatic heterocycles. The second-order valence-electron chi connectivity index (χ2n) is 7.99. The molecule has 2 aromatic carbocycles. The number of carbonyl (C=O) groups is 3. The van der Waals surface area contributed by atoms with Gasteiger partial charge in [-0.2, -0.15) is 14.3 Å². The summed E-state index contributed by atoms with van der Waals surface area (Å²) >= 11 is 0. The molecule has 0 spiro atoms. The maximum atomic E-state index is 13.3. The van der Waals surface area contributed by atoms with Crippen molar-refractivity contribution in [1.29, 1.82) is 0 Å². The molecule has 0 saturated carbocycles. The minimum atomic E-state index is -0.592. The van der Waals surface area contributed by atoms with Crippen LogP contribution in [0.4, 0.5) is 10.5 Å². The first kappa shape index (κ1) is 17.0. The SMILES string of the molecule is NC(=O)c1cccc(N2C(=O)[N+]3=C4C5=C2C3c2c4n5c(=O)n2-c2cccc(C(N)=O)c2)c1. The Balaban J connectivity index is 1.42. The molecule has 10 heteroatoms. The summed E-state index contributed by atoms with van der Waals surface area (Å²) in [6.07, 6.45) is 0. The minimum Gasteiger partial charge on any atom is -0.366 e. The number of imidazole rings is 1. The molecule has 1 saturated heterocycles. The lowest BCUT2D eigenvalue weighted by atomic mass is 9.93. The number of hydrogen-bond donors (Lipinski definition) is 2. The zero-order valence-electron chi connectivity index (χ0n) is 16.3. The summed E-state index contributed by atoms with van der Waals surface area (Å²) in [4.78, 5) is 51.4. The van der Waals surface area contributed by atoms with Crippen LogP contribution >= 0.6 is 0 Å². The summed E-state index contributed by atoms with van der Waals surface area (Å²) in [5.74, 6) is -1.18. The predicted octanol–water partition coefficient (Wildman–Crippen LogP) is 0.529. The average Bonchev–Trinajstić information content (AvgIpc) is 3.36. The molecule has 1 unspecified atom stereocenters. The van der Waals surface area contributed by atoms with Crippen molar-refractivity contribution in [2.24, 2.45) is 11.5 Å². The molecule has 1 atom stereocenters. The van der Waals surface area contributed by atoms with Crippen LogP contribution in [0, 0.1) is 0 Å². The Labute approximate surface area is 178 Å². The number of hydrogen-bond acceptors (Lipinski definition) is 4.